The zero-order valence-corrected chi connectivity index (χ0v) is 9.06. The molecular formula is C10H18O4. The second-order valence-corrected chi connectivity index (χ2v) is 4.60. The molecule has 0 radical (unpaired) electrons. The van der Waals surface area contributed by atoms with E-state index in [4.69, 9.17) is 14.2 Å². The molecule has 4 nitrogen and oxygen atoms in total. The van der Waals surface area contributed by atoms with E-state index in [1.165, 1.54) is 0 Å². The number of ether oxygens (including phenoxy) is 3. The maximum absolute atomic E-state index is 9.87. The van der Waals surface area contributed by atoms with Gasteiger partial charge in [0, 0.05) is 0 Å². The van der Waals surface area contributed by atoms with E-state index in [0.29, 0.717) is 0 Å². The summed E-state index contributed by atoms with van der Waals surface area (Å²) >= 11 is 0. The largest absolute Gasteiger partial charge is 0.388 e. The summed E-state index contributed by atoms with van der Waals surface area (Å²) < 4.78 is 16.9. The molecule has 0 spiro atoms. The van der Waals surface area contributed by atoms with Gasteiger partial charge in [0.15, 0.2) is 5.79 Å². The highest BCUT2D eigenvalue weighted by atomic mass is 16.8. The summed E-state index contributed by atoms with van der Waals surface area (Å²) in [6.07, 6.45) is -1.23. The van der Waals surface area contributed by atoms with Gasteiger partial charge in [-0.15, -0.1) is 0 Å². The lowest BCUT2D eigenvalue weighted by Gasteiger charge is -2.37. The third-order valence-electron chi connectivity index (χ3n) is 2.87. The first kappa shape index (κ1) is 10.4. The Morgan fingerprint density at radius 1 is 1.00 bits per heavy atom. The molecule has 2 unspecified atom stereocenters. The van der Waals surface area contributed by atoms with E-state index in [2.05, 4.69) is 0 Å². The Morgan fingerprint density at radius 3 is 2.21 bits per heavy atom. The first-order valence-electron chi connectivity index (χ1n) is 5.10. The molecule has 2 aliphatic heterocycles. The molecule has 0 aromatic carbocycles. The van der Waals surface area contributed by atoms with Crippen LogP contribution in [0.1, 0.15) is 27.7 Å². The lowest BCUT2D eigenvalue weighted by Crippen LogP contribution is -2.54. The average Bonchev–Trinajstić information content (AvgIpc) is 2.38. The molecule has 0 aromatic rings. The van der Waals surface area contributed by atoms with Gasteiger partial charge in [-0.05, 0) is 27.7 Å². The summed E-state index contributed by atoms with van der Waals surface area (Å²) in [4.78, 5) is 0. The van der Waals surface area contributed by atoms with E-state index in [1.54, 1.807) is 0 Å². The molecule has 2 saturated heterocycles. The molecule has 0 saturated carbocycles. The SMILES string of the molecule is CC1O[C@@H](C)C2OC(C)(C)O[C@H]2[C@H]1O. The van der Waals surface area contributed by atoms with Crippen LogP contribution in [0.2, 0.25) is 0 Å². The minimum Gasteiger partial charge on any atom is -0.388 e. The van der Waals surface area contributed by atoms with Crippen LogP contribution < -0.4 is 0 Å². The Hall–Kier alpha value is -0.160. The summed E-state index contributed by atoms with van der Waals surface area (Å²) in [5.74, 6) is -0.613. The van der Waals surface area contributed by atoms with Crippen LogP contribution in [0.5, 0.6) is 0 Å². The number of hydrogen-bond donors (Lipinski definition) is 1. The average molecular weight is 202 g/mol. The van der Waals surface area contributed by atoms with Crippen LogP contribution in [0.3, 0.4) is 0 Å². The van der Waals surface area contributed by atoms with Crippen LogP contribution in [0.4, 0.5) is 0 Å². The number of aliphatic hydroxyl groups excluding tert-OH is 1. The monoisotopic (exact) mass is 202 g/mol. The predicted molar refractivity (Wildman–Crippen MR) is 49.8 cm³/mol. The first-order valence-corrected chi connectivity index (χ1v) is 5.10. The Kier molecular flexibility index (Phi) is 2.34. The van der Waals surface area contributed by atoms with Gasteiger partial charge in [-0.25, -0.2) is 0 Å². The molecule has 0 bridgehead atoms. The lowest BCUT2D eigenvalue weighted by atomic mass is 9.97. The fourth-order valence-electron chi connectivity index (χ4n) is 2.21. The van der Waals surface area contributed by atoms with Gasteiger partial charge in [-0.2, -0.15) is 0 Å². The highest BCUT2D eigenvalue weighted by Crippen LogP contribution is 2.36. The van der Waals surface area contributed by atoms with E-state index < -0.39 is 11.9 Å². The molecule has 82 valence electrons. The Morgan fingerprint density at radius 2 is 1.57 bits per heavy atom. The number of hydrogen-bond acceptors (Lipinski definition) is 4. The second-order valence-electron chi connectivity index (χ2n) is 4.60. The summed E-state index contributed by atoms with van der Waals surface area (Å²) in [7, 11) is 0. The van der Waals surface area contributed by atoms with Crippen molar-refractivity contribution in [3.8, 4) is 0 Å². The minimum absolute atomic E-state index is 0.0276. The fourth-order valence-corrected chi connectivity index (χ4v) is 2.21. The number of rotatable bonds is 0. The van der Waals surface area contributed by atoms with Crippen LogP contribution in [0.15, 0.2) is 0 Å². The standard InChI is InChI=1S/C10H18O4/c1-5-7(11)9-8(6(2)12-5)13-10(3,4)14-9/h5-9,11H,1-4H3/t5?,6-,7-,8?,9-/m0/s1. The molecule has 5 atom stereocenters. The molecule has 1 N–H and O–H groups in total. The molecule has 0 amide bonds. The van der Waals surface area contributed by atoms with Crippen molar-refractivity contribution in [1.82, 2.24) is 0 Å². The molecule has 2 heterocycles. The molecule has 0 aliphatic carbocycles. The van der Waals surface area contributed by atoms with E-state index >= 15 is 0 Å². The van der Waals surface area contributed by atoms with Crippen LogP contribution in [-0.2, 0) is 14.2 Å². The van der Waals surface area contributed by atoms with Crippen molar-refractivity contribution in [1.29, 1.82) is 0 Å². The van der Waals surface area contributed by atoms with Crippen LogP contribution in [-0.4, -0.2) is 41.4 Å². The van der Waals surface area contributed by atoms with Crippen LogP contribution in [0.25, 0.3) is 0 Å². The Labute approximate surface area is 84.1 Å². The van der Waals surface area contributed by atoms with Gasteiger partial charge in [-0.1, -0.05) is 0 Å². The van der Waals surface area contributed by atoms with E-state index in [9.17, 15) is 5.11 Å². The van der Waals surface area contributed by atoms with Gasteiger partial charge in [0.25, 0.3) is 0 Å². The molecule has 4 heteroatoms. The third-order valence-corrected chi connectivity index (χ3v) is 2.87. The molecule has 2 rings (SSSR count). The van der Waals surface area contributed by atoms with Crippen molar-refractivity contribution >= 4 is 0 Å². The Balaban J connectivity index is 2.18. The predicted octanol–water partition coefficient (Wildman–Crippen LogP) is 0.675. The summed E-state index contributed by atoms with van der Waals surface area (Å²) in [6.45, 7) is 7.52. The summed E-state index contributed by atoms with van der Waals surface area (Å²) in [5.41, 5.74) is 0. The number of aliphatic hydroxyl groups is 1. The van der Waals surface area contributed by atoms with Crippen molar-refractivity contribution in [3.63, 3.8) is 0 Å². The normalized spacial score (nSPS) is 51.6. The molecule has 0 aromatic heterocycles. The third kappa shape index (κ3) is 1.56. The van der Waals surface area contributed by atoms with Crippen molar-refractivity contribution in [2.45, 2.75) is 64.0 Å². The minimum atomic E-state index is -0.613. The van der Waals surface area contributed by atoms with Gasteiger partial charge in [-0.3, -0.25) is 0 Å². The highest BCUT2D eigenvalue weighted by Gasteiger charge is 2.52. The van der Waals surface area contributed by atoms with Gasteiger partial charge >= 0.3 is 0 Å². The molecule has 14 heavy (non-hydrogen) atoms. The highest BCUT2D eigenvalue weighted by molar-refractivity contribution is 4.95. The first-order chi connectivity index (χ1) is 6.41. The van der Waals surface area contributed by atoms with E-state index in [1.807, 2.05) is 27.7 Å². The molecular weight excluding hydrogens is 184 g/mol. The number of fused-ring (bicyclic) bond motifs is 1. The maximum atomic E-state index is 9.87. The van der Waals surface area contributed by atoms with Crippen molar-refractivity contribution in [2.24, 2.45) is 0 Å². The molecule has 2 fully saturated rings. The lowest BCUT2D eigenvalue weighted by molar-refractivity contribution is -0.175. The zero-order chi connectivity index (χ0) is 10.5. The Bertz CT molecular complexity index is 228. The maximum Gasteiger partial charge on any atom is 0.164 e. The zero-order valence-electron chi connectivity index (χ0n) is 9.06. The van der Waals surface area contributed by atoms with Gasteiger partial charge in [0.05, 0.1) is 12.2 Å². The van der Waals surface area contributed by atoms with Gasteiger partial charge in [0.2, 0.25) is 0 Å². The smallest absolute Gasteiger partial charge is 0.164 e. The van der Waals surface area contributed by atoms with Crippen LogP contribution in [0, 0.1) is 0 Å². The van der Waals surface area contributed by atoms with Crippen molar-refractivity contribution in [3.05, 3.63) is 0 Å². The second kappa shape index (κ2) is 3.17. The van der Waals surface area contributed by atoms with E-state index in [0.717, 1.165) is 0 Å². The van der Waals surface area contributed by atoms with Crippen molar-refractivity contribution in [2.75, 3.05) is 0 Å². The molecule has 2 aliphatic rings. The fraction of sp³-hybridized carbons (Fsp3) is 1.00. The van der Waals surface area contributed by atoms with Crippen molar-refractivity contribution < 1.29 is 19.3 Å². The quantitative estimate of drug-likeness (QED) is 0.627. The topological polar surface area (TPSA) is 47.9 Å². The summed E-state index contributed by atoms with van der Waals surface area (Å²) in [5, 5.41) is 9.87. The van der Waals surface area contributed by atoms with E-state index in [-0.39, 0.29) is 24.4 Å². The van der Waals surface area contributed by atoms with Gasteiger partial charge < -0.3 is 19.3 Å². The van der Waals surface area contributed by atoms with Gasteiger partial charge in [0.1, 0.15) is 18.3 Å². The summed E-state index contributed by atoms with van der Waals surface area (Å²) in [6, 6.07) is 0. The van der Waals surface area contributed by atoms with Crippen LogP contribution >= 0.6 is 0 Å².